The highest BCUT2D eigenvalue weighted by atomic mass is 16.6. The van der Waals surface area contributed by atoms with E-state index in [9.17, 15) is 24.5 Å². The predicted molar refractivity (Wildman–Crippen MR) is 166 cm³/mol. The highest BCUT2D eigenvalue weighted by Crippen LogP contribution is 2.63. The second kappa shape index (κ2) is 10.8. The number of hydrazone groups is 1. The van der Waals surface area contributed by atoms with Crippen LogP contribution in [0.25, 0.3) is 0 Å². The normalized spacial score (nSPS) is 22.6. The van der Waals surface area contributed by atoms with Crippen LogP contribution in [-0.4, -0.2) is 35.5 Å². The van der Waals surface area contributed by atoms with Crippen LogP contribution >= 0.6 is 0 Å². The molecule has 3 aliphatic carbocycles. The molecule has 2 bridgehead atoms. The molecule has 0 saturated carbocycles. The Labute approximate surface area is 258 Å². The van der Waals surface area contributed by atoms with Gasteiger partial charge in [-0.1, -0.05) is 61.5 Å². The molecule has 3 amide bonds. The van der Waals surface area contributed by atoms with Gasteiger partial charge >= 0.3 is 0 Å². The first kappa shape index (κ1) is 28.1. The molecule has 1 N–H and O–H groups in total. The molecule has 2 atom stereocenters. The number of nitro benzene ring substituents is 1. The van der Waals surface area contributed by atoms with Gasteiger partial charge in [0.25, 0.3) is 11.6 Å². The lowest BCUT2D eigenvalue weighted by molar-refractivity contribution is -0.384. The van der Waals surface area contributed by atoms with Gasteiger partial charge in [-0.05, 0) is 59.0 Å². The van der Waals surface area contributed by atoms with Crippen molar-refractivity contribution in [2.75, 3.05) is 11.5 Å². The minimum absolute atomic E-state index is 0.0644. The minimum Gasteiger partial charge on any atom is -0.494 e. The zero-order valence-corrected chi connectivity index (χ0v) is 24.3. The maximum atomic E-state index is 14.5. The Morgan fingerprint density at radius 3 is 2.27 bits per heavy atom. The number of rotatable bonds is 8. The van der Waals surface area contributed by atoms with Crippen molar-refractivity contribution in [2.45, 2.75) is 24.7 Å². The second-order valence-corrected chi connectivity index (χ2v) is 11.4. The number of non-ortho nitro benzene ring substituents is 1. The number of carbonyl (C=O) groups is 3. The van der Waals surface area contributed by atoms with E-state index in [1.807, 2.05) is 55.5 Å². The van der Waals surface area contributed by atoms with Crippen molar-refractivity contribution in [3.63, 3.8) is 0 Å². The second-order valence-electron chi connectivity index (χ2n) is 11.4. The molecule has 1 aliphatic heterocycles. The third-order valence-corrected chi connectivity index (χ3v) is 9.01. The first-order valence-electron chi connectivity index (χ1n) is 14.7. The van der Waals surface area contributed by atoms with Crippen molar-refractivity contribution in [1.29, 1.82) is 0 Å². The Balaban J connectivity index is 1.33. The van der Waals surface area contributed by atoms with Gasteiger partial charge in [0.05, 0.1) is 34.5 Å². The van der Waals surface area contributed by atoms with Gasteiger partial charge in [0, 0.05) is 29.8 Å². The molecular weight excluding hydrogens is 572 g/mol. The number of amides is 3. The zero-order chi connectivity index (χ0) is 31.3. The molecule has 1 fully saturated rings. The molecule has 4 aromatic rings. The molecule has 45 heavy (non-hydrogen) atoms. The van der Waals surface area contributed by atoms with Gasteiger partial charge in [-0.15, -0.1) is 0 Å². The van der Waals surface area contributed by atoms with Crippen LogP contribution in [0.5, 0.6) is 5.75 Å². The van der Waals surface area contributed by atoms with Crippen LogP contribution < -0.4 is 15.1 Å². The molecular formula is C35H28N4O6. The lowest BCUT2D eigenvalue weighted by Gasteiger charge is -2.52. The number of imide groups is 1. The van der Waals surface area contributed by atoms with E-state index < -0.39 is 28.1 Å². The van der Waals surface area contributed by atoms with Gasteiger partial charge in [0.2, 0.25) is 11.8 Å². The van der Waals surface area contributed by atoms with E-state index in [-0.39, 0.29) is 29.0 Å². The fourth-order valence-corrected chi connectivity index (χ4v) is 7.23. The molecule has 4 aromatic carbocycles. The smallest absolute Gasteiger partial charge is 0.271 e. The first-order valence-corrected chi connectivity index (χ1v) is 14.7. The SMILES string of the molecule is CCCOc1ccc(N2C(=O)[C@@H]3C4c5ccccc5C(/C=N\NC(=O)c5cccc([N+](=O)[O-])c5)(c5ccccc54)[C@@H]3C2=O)cc1. The van der Waals surface area contributed by atoms with Crippen LogP contribution in [0.15, 0.2) is 102 Å². The number of benzene rings is 4. The van der Waals surface area contributed by atoms with E-state index in [0.29, 0.717) is 18.0 Å². The Hall–Kier alpha value is -5.64. The van der Waals surface area contributed by atoms with Gasteiger partial charge in [-0.2, -0.15) is 5.10 Å². The molecule has 10 heteroatoms. The zero-order valence-electron chi connectivity index (χ0n) is 24.3. The van der Waals surface area contributed by atoms with Crippen LogP contribution in [0.2, 0.25) is 0 Å². The summed E-state index contributed by atoms with van der Waals surface area (Å²) in [6.45, 7) is 2.57. The summed E-state index contributed by atoms with van der Waals surface area (Å²) < 4.78 is 5.71. The van der Waals surface area contributed by atoms with Gasteiger partial charge in [-0.25, -0.2) is 10.3 Å². The van der Waals surface area contributed by atoms with E-state index in [1.165, 1.54) is 29.2 Å². The molecule has 4 aliphatic rings. The molecule has 1 saturated heterocycles. The lowest BCUT2D eigenvalue weighted by atomic mass is 9.47. The predicted octanol–water partition coefficient (Wildman–Crippen LogP) is 5.35. The summed E-state index contributed by atoms with van der Waals surface area (Å²) in [6.07, 6.45) is 2.41. The van der Waals surface area contributed by atoms with Crippen molar-refractivity contribution >= 4 is 35.3 Å². The molecule has 0 spiro atoms. The number of nitro groups is 1. The van der Waals surface area contributed by atoms with E-state index in [0.717, 1.165) is 28.7 Å². The van der Waals surface area contributed by atoms with Crippen molar-refractivity contribution in [1.82, 2.24) is 5.43 Å². The van der Waals surface area contributed by atoms with Crippen LogP contribution in [0.1, 0.15) is 51.9 Å². The Morgan fingerprint density at radius 1 is 0.956 bits per heavy atom. The monoisotopic (exact) mass is 600 g/mol. The molecule has 1 heterocycles. The summed E-state index contributed by atoms with van der Waals surface area (Å²) in [5, 5.41) is 15.6. The molecule has 10 nitrogen and oxygen atoms in total. The fraction of sp³-hybridized carbons (Fsp3) is 0.200. The third kappa shape index (κ3) is 4.24. The van der Waals surface area contributed by atoms with Crippen LogP contribution in [0, 0.1) is 22.0 Å². The molecule has 0 unspecified atom stereocenters. The fourth-order valence-electron chi connectivity index (χ4n) is 7.23. The van der Waals surface area contributed by atoms with Gasteiger partial charge < -0.3 is 4.74 Å². The topological polar surface area (TPSA) is 131 Å². The number of hydrogen-bond donors (Lipinski definition) is 1. The molecule has 224 valence electrons. The number of anilines is 1. The van der Waals surface area contributed by atoms with Gasteiger partial charge in [0.15, 0.2) is 0 Å². The van der Waals surface area contributed by atoms with Crippen molar-refractivity contribution in [3.05, 3.63) is 135 Å². The summed E-state index contributed by atoms with van der Waals surface area (Å²) >= 11 is 0. The number of nitrogens with zero attached hydrogens (tertiary/aromatic N) is 3. The van der Waals surface area contributed by atoms with E-state index in [1.54, 1.807) is 30.5 Å². The summed E-state index contributed by atoms with van der Waals surface area (Å²) in [6, 6.07) is 27.8. The summed E-state index contributed by atoms with van der Waals surface area (Å²) in [5.74, 6) is -2.50. The third-order valence-electron chi connectivity index (χ3n) is 9.01. The number of hydrogen-bond acceptors (Lipinski definition) is 7. The molecule has 8 rings (SSSR count). The van der Waals surface area contributed by atoms with E-state index >= 15 is 0 Å². The average Bonchev–Trinajstić information content (AvgIpc) is 3.34. The number of ether oxygens (including phenoxy) is 1. The highest BCUT2D eigenvalue weighted by Gasteiger charge is 2.68. The van der Waals surface area contributed by atoms with Crippen molar-refractivity contribution in [2.24, 2.45) is 16.9 Å². The van der Waals surface area contributed by atoms with Gasteiger partial charge in [0.1, 0.15) is 5.75 Å². The maximum Gasteiger partial charge on any atom is 0.271 e. The Morgan fingerprint density at radius 2 is 1.62 bits per heavy atom. The maximum absolute atomic E-state index is 14.5. The van der Waals surface area contributed by atoms with Crippen LogP contribution in [0.3, 0.4) is 0 Å². The van der Waals surface area contributed by atoms with E-state index in [4.69, 9.17) is 4.74 Å². The summed E-state index contributed by atoms with van der Waals surface area (Å²) in [4.78, 5) is 53.8. The average molecular weight is 601 g/mol. The standard InChI is InChI=1S/C35H28N4O6/c1-2-18-45-24-16-14-22(15-17-24)38-33(41)30-29-25-10-3-5-12-27(25)35(31(30)34(38)42,28-13-6-4-11-26(28)29)20-36-37-32(40)21-8-7-9-23(19-21)39(43)44/h3-17,19-20,29-31H,2,18H2,1H3,(H,37,40)/b36-20-/t29?,30-,31+,35?/m1/s1. The quantitative estimate of drug-likeness (QED) is 0.126. The molecule has 0 aromatic heterocycles. The number of carbonyl (C=O) groups excluding carboxylic acids is 3. The first-order chi connectivity index (χ1) is 21.9. The largest absolute Gasteiger partial charge is 0.494 e. The number of nitrogens with one attached hydrogen (secondary N) is 1. The minimum atomic E-state index is -1.17. The van der Waals surface area contributed by atoms with Crippen molar-refractivity contribution in [3.8, 4) is 5.75 Å². The van der Waals surface area contributed by atoms with Crippen LogP contribution in [0.4, 0.5) is 11.4 Å². The Bertz CT molecular complexity index is 1850. The highest BCUT2D eigenvalue weighted by molar-refractivity contribution is 6.25. The van der Waals surface area contributed by atoms with Gasteiger partial charge in [-0.3, -0.25) is 24.5 Å². The Kier molecular flexibility index (Phi) is 6.77. The van der Waals surface area contributed by atoms with Crippen LogP contribution in [-0.2, 0) is 15.0 Å². The van der Waals surface area contributed by atoms with Crippen molar-refractivity contribution < 1.29 is 24.0 Å². The molecule has 0 radical (unpaired) electrons. The summed E-state index contributed by atoms with van der Waals surface area (Å²) in [7, 11) is 0. The van der Waals surface area contributed by atoms with E-state index in [2.05, 4.69) is 10.5 Å². The lowest BCUT2D eigenvalue weighted by Crippen LogP contribution is -2.54. The summed E-state index contributed by atoms with van der Waals surface area (Å²) in [5.41, 5.74) is 5.18.